The van der Waals surface area contributed by atoms with Crippen molar-refractivity contribution in [2.75, 3.05) is 0 Å². The summed E-state index contributed by atoms with van der Waals surface area (Å²) in [4.78, 5) is 32.8. The zero-order valence-electron chi connectivity index (χ0n) is 7.46. The van der Waals surface area contributed by atoms with Gasteiger partial charge >= 0.3 is 5.97 Å². The number of ketones is 1. The Bertz CT molecular complexity index is 243. The van der Waals surface area contributed by atoms with Crippen molar-refractivity contribution in [2.45, 2.75) is 26.7 Å². The van der Waals surface area contributed by atoms with E-state index in [0.717, 1.165) is 0 Å². The molecule has 0 aliphatic heterocycles. The first-order valence-electron chi connectivity index (χ1n) is 3.90. The van der Waals surface area contributed by atoms with Crippen LogP contribution >= 0.6 is 15.9 Å². The van der Waals surface area contributed by atoms with E-state index in [1.165, 1.54) is 0 Å². The summed E-state index contributed by atoms with van der Waals surface area (Å²) in [6.45, 7) is 3.23. The third-order valence-electron chi connectivity index (χ3n) is 2.21. The second kappa shape index (κ2) is 4.50. The Kier molecular flexibility index (Phi) is 4.26. The quantitative estimate of drug-likeness (QED) is 0.455. The van der Waals surface area contributed by atoms with E-state index in [-0.39, 0.29) is 12.8 Å². The number of carbonyl (C=O) groups excluding carboxylic acids is 2. The zero-order valence-corrected chi connectivity index (χ0v) is 9.05. The van der Waals surface area contributed by atoms with E-state index in [4.69, 9.17) is 5.11 Å². The van der Waals surface area contributed by atoms with Gasteiger partial charge in [-0.3, -0.25) is 9.59 Å². The molecular formula is C8H11BrO4. The lowest BCUT2D eigenvalue weighted by molar-refractivity contribution is -0.156. The van der Waals surface area contributed by atoms with Crippen LogP contribution in [0.4, 0.5) is 0 Å². The summed E-state index contributed by atoms with van der Waals surface area (Å²) in [7, 11) is 0. The normalized spacial score (nSPS) is 11.0. The topological polar surface area (TPSA) is 71.4 Å². The summed E-state index contributed by atoms with van der Waals surface area (Å²) in [5.41, 5.74) is -1.40. The maximum absolute atomic E-state index is 11.2. The van der Waals surface area contributed by atoms with E-state index in [0.29, 0.717) is 0 Å². The van der Waals surface area contributed by atoms with Gasteiger partial charge in [0.05, 0.1) is 0 Å². The molecule has 0 heterocycles. The average Bonchev–Trinajstić information content (AvgIpc) is 2.06. The molecule has 0 bridgehead atoms. The Balaban J connectivity index is 5.10. The number of Topliss-reactive ketones (excluding diaryl/α,β-unsaturated/α-hetero) is 1. The number of carboxylic acids is 1. The molecule has 0 aliphatic carbocycles. The Morgan fingerprint density at radius 2 is 1.62 bits per heavy atom. The molecule has 0 unspecified atom stereocenters. The molecule has 0 aromatic rings. The summed E-state index contributed by atoms with van der Waals surface area (Å²) in [6, 6.07) is 0. The highest BCUT2D eigenvalue weighted by atomic mass is 79.9. The molecular weight excluding hydrogens is 240 g/mol. The molecule has 0 spiro atoms. The maximum Gasteiger partial charge on any atom is 0.373 e. The molecule has 0 atom stereocenters. The van der Waals surface area contributed by atoms with Crippen molar-refractivity contribution in [1.29, 1.82) is 0 Å². The smallest absolute Gasteiger partial charge is 0.373 e. The largest absolute Gasteiger partial charge is 0.475 e. The maximum atomic E-state index is 11.2. The van der Waals surface area contributed by atoms with Crippen LogP contribution in [0, 0.1) is 5.41 Å². The predicted molar refractivity (Wildman–Crippen MR) is 49.6 cm³/mol. The van der Waals surface area contributed by atoms with Crippen LogP contribution in [0.15, 0.2) is 0 Å². The van der Waals surface area contributed by atoms with Gasteiger partial charge in [0, 0.05) is 0 Å². The van der Waals surface area contributed by atoms with E-state index in [1.54, 1.807) is 13.8 Å². The van der Waals surface area contributed by atoms with Gasteiger partial charge in [0.15, 0.2) is 0 Å². The number of rotatable bonds is 5. The van der Waals surface area contributed by atoms with E-state index < -0.39 is 21.9 Å². The minimum Gasteiger partial charge on any atom is -0.475 e. The molecule has 4 nitrogen and oxygen atoms in total. The highest BCUT2D eigenvalue weighted by molar-refractivity contribution is 9.18. The van der Waals surface area contributed by atoms with Crippen LogP contribution in [0.5, 0.6) is 0 Å². The van der Waals surface area contributed by atoms with Crippen LogP contribution in [-0.4, -0.2) is 21.6 Å². The molecule has 0 fully saturated rings. The Morgan fingerprint density at radius 1 is 1.23 bits per heavy atom. The lowest BCUT2D eigenvalue weighted by atomic mass is 9.80. The lowest BCUT2D eigenvalue weighted by Crippen LogP contribution is -2.40. The second-order valence-electron chi connectivity index (χ2n) is 2.70. The van der Waals surface area contributed by atoms with Crippen molar-refractivity contribution in [3.05, 3.63) is 0 Å². The molecule has 74 valence electrons. The molecule has 0 aliphatic rings. The van der Waals surface area contributed by atoms with Gasteiger partial charge in [-0.2, -0.15) is 0 Å². The van der Waals surface area contributed by atoms with Gasteiger partial charge in [-0.25, -0.2) is 4.79 Å². The second-order valence-corrected chi connectivity index (χ2v) is 3.42. The highest BCUT2D eigenvalue weighted by Gasteiger charge is 2.44. The summed E-state index contributed by atoms with van der Waals surface area (Å²) >= 11 is 2.66. The van der Waals surface area contributed by atoms with Crippen LogP contribution in [0.2, 0.25) is 0 Å². The Labute approximate surface area is 84.4 Å². The minimum absolute atomic E-state index is 0.193. The fraction of sp³-hybridized carbons (Fsp3) is 0.625. The van der Waals surface area contributed by atoms with E-state index in [9.17, 15) is 14.4 Å². The van der Waals surface area contributed by atoms with Gasteiger partial charge < -0.3 is 5.11 Å². The number of carbonyl (C=O) groups is 3. The molecule has 1 N–H and O–H groups in total. The number of aliphatic carboxylic acids is 1. The number of carboxylic acid groups (broad SMARTS) is 1. The first kappa shape index (κ1) is 12.3. The molecule has 13 heavy (non-hydrogen) atoms. The van der Waals surface area contributed by atoms with E-state index >= 15 is 0 Å². The summed E-state index contributed by atoms with van der Waals surface area (Å²) < 4.78 is -0.558. The van der Waals surface area contributed by atoms with Gasteiger partial charge in [0.2, 0.25) is 4.69 Å². The van der Waals surface area contributed by atoms with Gasteiger partial charge in [0.1, 0.15) is 5.41 Å². The SMILES string of the molecule is CCC(CC)(C(=O)Br)C(=O)C(=O)O. The standard InChI is InChI=1S/C8H11BrO4/c1-3-8(4-2,7(9)13)5(10)6(11)12/h3-4H2,1-2H3,(H,11,12). The third-order valence-corrected chi connectivity index (χ3v) is 2.97. The van der Waals surface area contributed by atoms with Crippen molar-refractivity contribution >= 4 is 32.4 Å². The molecule has 0 amide bonds. The van der Waals surface area contributed by atoms with Crippen molar-refractivity contribution in [3.63, 3.8) is 0 Å². The Hall–Kier alpha value is -0.710. The van der Waals surface area contributed by atoms with Crippen molar-refractivity contribution < 1.29 is 19.5 Å². The lowest BCUT2D eigenvalue weighted by Gasteiger charge is -2.23. The highest BCUT2D eigenvalue weighted by Crippen LogP contribution is 2.31. The van der Waals surface area contributed by atoms with Crippen molar-refractivity contribution in [3.8, 4) is 0 Å². The van der Waals surface area contributed by atoms with Gasteiger partial charge in [-0.1, -0.05) is 13.8 Å². The monoisotopic (exact) mass is 250 g/mol. The van der Waals surface area contributed by atoms with Crippen LogP contribution in [0.3, 0.4) is 0 Å². The first-order valence-corrected chi connectivity index (χ1v) is 4.69. The molecule has 0 saturated carbocycles. The van der Waals surface area contributed by atoms with Crippen molar-refractivity contribution in [1.82, 2.24) is 0 Å². The molecule has 5 heteroatoms. The van der Waals surface area contributed by atoms with Crippen LogP contribution < -0.4 is 0 Å². The number of hydrogen-bond donors (Lipinski definition) is 1. The fourth-order valence-electron chi connectivity index (χ4n) is 1.14. The molecule has 0 rings (SSSR count). The summed E-state index contributed by atoms with van der Waals surface area (Å²) in [6.07, 6.45) is 0.386. The van der Waals surface area contributed by atoms with E-state index in [1.807, 2.05) is 0 Å². The average molecular weight is 251 g/mol. The van der Waals surface area contributed by atoms with Crippen LogP contribution in [0.25, 0.3) is 0 Å². The van der Waals surface area contributed by atoms with Gasteiger partial charge in [-0.05, 0) is 28.8 Å². The molecule has 0 aromatic heterocycles. The molecule has 0 saturated heterocycles. The van der Waals surface area contributed by atoms with Crippen molar-refractivity contribution in [2.24, 2.45) is 5.41 Å². The van der Waals surface area contributed by atoms with Crippen LogP contribution in [0.1, 0.15) is 26.7 Å². The first-order chi connectivity index (χ1) is 5.92. The summed E-state index contributed by atoms with van der Waals surface area (Å²) in [5.74, 6) is -2.60. The third kappa shape index (κ3) is 2.15. The summed E-state index contributed by atoms with van der Waals surface area (Å²) in [5, 5.41) is 8.51. The van der Waals surface area contributed by atoms with Gasteiger partial charge in [0.25, 0.3) is 5.78 Å². The fourth-order valence-corrected chi connectivity index (χ4v) is 1.88. The Morgan fingerprint density at radius 3 is 1.69 bits per heavy atom. The van der Waals surface area contributed by atoms with Crippen LogP contribution in [-0.2, 0) is 14.4 Å². The minimum atomic E-state index is -1.56. The van der Waals surface area contributed by atoms with E-state index in [2.05, 4.69) is 15.9 Å². The number of halogens is 1. The molecule has 0 radical (unpaired) electrons. The molecule has 0 aromatic carbocycles. The van der Waals surface area contributed by atoms with Gasteiger partial charge in [-0.15, -0.1) is 0 Å². The number of hydrogen-bond acceptors (Lipinski definition) is 3. The zero-order chi connectivity index (χ0) is 10.6. The predicted octanol–water partition coefficient (Wildman–Crippen LogP) is 1.37.